The molecule has 27 heavy (non-hydrogen) atoms. The molecule has 1 aliphatic heterocycles. The highest BCUT2D eigenvalue weighted by atomic mass is 16.5. The third-order valence-corrected chi connectivity index (χ3v) is 5.46. The van der Waals surface area contributed by atoms with Crippen molar-refractivity contribution in [1.29, 1.82) is 0 Å². The maximum atomic E-state index is 11.3. The van der Waals surface area contributed by atoms with Crippen LogP contribution in [-0.2, 0) is 29.8 Å². The van der Waals surface area contributed by atoms with Crippen molar-refractivity contribution in [3.63, 3.8) is 0 Å². The lowest BCUT2D eigenvalue weighted by molar-refractivity contribution is -0.142. The minimum Gasteiger partial charge on any atom is -0.487 e. The molecular formula is C21H23N3O3. The molecule has 2 N–H and O–H groups in total. The molecular weight excluding hydrogens is 342 g/mol. The number of carbonyl (C=O) groups is 1. The van der Waals surface area contributed by atoms with E-state index in [0.717, 1.165) is 36.1 Å². The first-order valence-corrected chi connectivity index (χ1v) is 9.25. The van der Waals surface area contributed by atoms with Gasteiger partial charge in [0.15, 0.2) is 0 Å². The highest BCUT2D eigenvalue weighted by Gasteiger charge is 2.29. The van der Waals surface area contributed by atoms with Gasteiger partial charge < -0.3 is 9.84 Å². The zero-order valence-electron chi connectivity index (χ0n) is 15.3. The fourth-order valence-electron chi connectivity index (χ4n) is 3.69. The molecule has 0 saturated heterocycles. The van der Waals surface area contributed by atoms with Gasteiger partial charge in [0, 0.05) is 12.6 Å². The Kier molecular flexibility index (Phi) is 4.56. The molecule has 0 saturated carbocycles. The van der Waals surface area contributed by atoms with Gasteiger partial charge in [0.2, 0.25) is 0 Å². The van der Waals surface area contributed by atoms with E-state index in [4.69, 9.17) is 4.74 Å². The van der Waals surface area contributed by atoms with Gasteiger partial charge in [-0.25, -0.2) is 0 Å². The van der Waals surface area contributed by atoms with E-state index in [9.17, 15) is 9.90 Å². The molecule has 2 aromatic rings. The van der Waals surface area contributed by atoms with Gasteiger partial charge >= 0.3 is 5.97 Å². The Morgan fingerprint density at radius 1 is 1.33 bits per heavy atom. The fraction of sp³-hybridized carbons (Fsp3) is 0.381. The maximum absolute atomic E-state index is 11.3. The number of nitrogens with one attached hydrogen (secondary N) is 1. The summed E-state index contributed by atoms with van der Waals surface area (Å²) in [6, 6.07) is 10.1. The van der Waals surface area contributed by atoms with E-state index in [-0.39, 0.29) is 11.5 Å². The zero-order chi connectivity index (χ0) is 18.9. The Balaban J connectivity index is 1.40. The minimum atomic E-state index is -0.704. The van der Waals surface area contributed by atoms with Gasteiger partial charge in [-0.2, -0.15) is 5.10 Å². The topological polar surface area (TPSA) is 83.8 Å². The highest BCUT2D eigenvalue weighted by molar-refractivity contribution is 5.71. The first kappa shape index (κ1) is 17.5. The van der Waals surface area contributed by atoms with Gasteiger partial charge in [0.1, 0.15) is 12.4 Å². The van der Waals surface area contributed by atoms with Crippen molar-refractivity contribution in [1.82, 2.24) is 10.4 Å². The number of aromatic nitrogens is 1. The van der Waals surface area contributed by atoms with E-state index in [1.807, 2.05) is 18.3 Å². The predicted molar refractivity (Wildman–Crippen MR) is 102 cm³/mol. The normalized spacial score (nSPS) is 23.5. The fourth-order valence-corrected chi connectivity index (χ4v) is 3.69. The van der Waals surface area contributed by atoms with Crippen molar-refractivity contribution < 1.29 is 14.6 Å². The number of hydrogen-bond donors (Lipinski definition) is 2. The number of carboxylic acid groups (broad SMARTS) is 1. The van der Waals surface area contributed by atoms with Gasteiger partial charge in [-0.05, 0) is 55.0 Å². The predicted octanol–water partition coefficient (Wildman–Crippen LogP) is 3.04. The lowest BCUT2D eigenvalue weighted by Gasteiger charge is -2.23. The molecule has 2 unspecified atom stereocenters. The van der Waals surface area contributed by atoms with E-state index in [2.05, 4.69) is 40.6 Å². The monoisotopic (exact) mass is 365 g/mol. The molecule has 1 aromatic carbocycles. The average molecular weight is 365 g/mol. The van der Waals surface area contributed by atoms with Gasteiger partial charge in [0.25, 0.3) is 0 Å². The first-order valence-electron chi connectivity index (χ1n) is 9.25. The van der Waals surface area contributed by atoms with Crippen LogP contribution in [0.25, 0.3) is 0 Å². The maximum Gasteiger partial charge on any atom is 0.306 e. The van der Waals surface area contributed by atoms with E-state index in [1.54, 1.807) is 6.20 Å². The Bertz CT molecular complexity index is 869. The van der Waals surface area contributed by atoms with Crippen molar-refractivity contribution in [2.45, 2.75) is 44.8 Å². The number of ether oxygens (including phenoxy) is 1. The van der Waals surface area contributed by atoms with E-state index < -0.39 is 5.97 Å². The van der Waals surface area contributed by atoms with E-state index in [1.165, 1.54) is 5.56 Å². The summed E-state index contributed by atoms with van der Waals surface area (Å²) in [4.78, 5) is 15.8. The van der Waals surface area contributed by atoms with Crippen LogP contribution in [0.1, 0.15) is 42.1 Å². The second-order valence-corrected chi connectivity index (χ2v) is 7.51. The lowest BCUT2D eigenvalue weighted by atomic mass is 9.83. The molecule has 0 bridgehead atoms. The molecule has 4 rings (SSSR count). The van der Waals surface area contributed by atoms with Crippen molar-refractivity contribution >= 4 is 12.2 Å². The summed E-state index contributed by atoms with van der Waals surface area (Å²) >= 11 is 0. The van der Waals surface area contributed by atoms with Gasteiger partial charge in [-0.1, -0.05) is 18.2 Å². The summed E-state index contributed by atoms with van der Waals surface area (Å²) in [5.41, 5.74) is 7.19. The van der Waals surface area contributed by atoms with Crippen LogP contribution < -0.4 is 10.2 Å². The summed E-state index contributed by atoms with van der Waals surface area (Å²) in [5, 5.41) is 13.3. The van der Waals surface area contributed by atoms with Crippen LogP contribution >= 0.6 is 0 Å². The van der Waals surface area contributed by atoms with E-state index in [0.29, 0.717) is 18.8 Å². The first-order chi connectivity index (χ1) is 13.0. The Labute approximate surface area is 158 Å². The van der Waals surface area contributed by atoms with Gasteiger partial charge in [0.05, 0.1) is 23.3 Å². The number of aryl methyl sites for hydroxylation is 1. The number of rotatable bonds is 5. The number of hydrogen-bond acceptors (Lipinski definition) is 5. The Morgan fingerprint density at radius 3 is 2.93 bits per heavy atom. The standard InChI is InChI=1S/C21H23N3O3/c1-21(8-9-23-24-21)19-7-6-18(12-22-19)27-13-14-2-3-15-4-5-16(20(25)26)11-17(15)10-14/h2-3,6-7,9-10,12,16,24H,4-5,8,11,13H2,1H3,(H,25,26). The van der Waals surface area contributed by atoms with Gasteiger partial charge in [-0.15, -0.1) is 0 Å². The lowest BCUT2D eigenvalue weighted by Crippen LogP contribution is -2.32. The minimum absolute atomic E-state index is 0.252. The Hall–Kier alpha value is -2.89. The summed E-state index contributed by atoms with van der Waals surface area (Å²) in [6.07, 6.45) is 6.55. The third kappa shape index (κ3) is 3.65. The summed E-state index contributed by atoms with van der Waals surface area (Å²) in [5.74, 6) is -0.272. The number of benzene rings is 1. The zero-order valence-corrected chi connectivity index (χ0v) is 15.3. The molecule has 140 valence electrons. The second kappa shape index (κ2) is 7.02. The number of nitrogens with zero attached hydrogens (tertiary/aromatic N) is 2. The molecule has 6 heteroatoms. The van der Waals surface area contributed by atoms with E-state index >= 15 is 0 Å². The third-order valence-electron chi connectivity index (χ3n) is 5.46. The molecule has 6 nitrogen and oxygen atoms in total. The van der Waals surface area contributed by atoms with Crippen LogP contribution in [0.2, 0.25) is 0 Å². The summed E-state index contributed by atoms with van der Waals surface area (Å²) < 4.78 is 5.88. The van der Waals surface area contributed by atoms with Crippen molar-refractivity contribution in [3.05, 3.63) is 58.9 Å². The van der Waals surface area contributed by atoms with Crippen LogP contribution in [0.15, 0.2) is 41.6 Å². The molecule has 0 amide bonds. The van der Waals surface area contributed by atoms with Crippen LogP contribution in [0.5, 0.6) is 5.75 Å². The molecule has 2 atom stereocenters. The van der Waals surface area contributed by atoms with Crippen LogP contribution in [0, 0.1) is 5.92 Å². The number of carboxylic acids is 1. The van der Waals surface area contributed by atoms with Gasteiger partial charge in [-0.3, -0.25) is 15.2 Å². The molecule has 0 fully saturated rings. The smallest absolute Gasteiger partial charge is 0.306 e. The number of fused-ring (bicyclic) bond motifs is 1. The summed E-state index contributed by atoms with van der Waals surface area (Å²) in [7, 11) is 0. The van der Waals surface area contributed by atoms with Crippen LogP contribution in [0.3, 0.4) is 0 Å². The largest absolute Gasteiger partial charge is 0.487 e. The molecule has 1 aromatic heterocycles. The molecule has 1 aliphatic carbocycles. The van der Waals surface area contributed by atoms with Crippen molar-refractivity contribution in [2.24, 2.45) is 11.0 Å². The number of hydrazone groups is 1. The highest BCUT2D eigenvalue weighted by Crippen LogP contribution is 2.28. The molecule has 2 aliphatic rings. The molecule has 0 spiro atoms. The quantitative estimate of drug-likeness (QED) is 0.851. The van der Waals surface area contributed by atoms with Crippen molar-refractivity contribution in [3.8, 4) is 5.75 Å². The average Bonchev–Trinajstić information content (AvgIpc) is 3.14. The SMILES string of the molecule is CC1(c2ccc(OCc3ccc4c(c3)CC(C(=O)O)CC4)cn2)CC=NN1. The molecule has 2 heterocycles. The second-order valence-electron chi connectivity index (χ2n) is 7.51. The van der Waals surface area contributed by atoms with Crippen LogP contribution in [0.4, 0.5) is 0 Å². The molecule has 0 radical (unpaired) electrons. The van der Waals surface area contributed by atoms with Crippen molar-refractivity contribution in [2.75, 3.05) is 0 Å². The number of pyridine rings is 1. The van der Waals surface area contributed by atoms with Crippen LogP contribution in [-0.4, -0.2) is 22.3 Å². The number of aliphatic carboxylic acids is 1. The summed E-state index contributed by atoms with van der Waals surface area (Å²) in [6.45, 7) is 2.51. The Morgan fingerprint density at radius 2 is 2.22 bits per heavy atom.